The molecule has 2 aromatic heterocycles. The van der Waals surface area contributed by atoms with E-state index in [1.165, 1.54) is 39.2 Å². The molecular formula is C24H24FN3O7S. The van der Waals surface area contributed by atoms with Crippen LogP contribution in [0.15, 0.2) is 27.8 Å². The van der Waals surface area contributed by atoms with Crippen LogP contribution in [0.4, 0.5) is 4.39 Å². The van der Waals surface area contributed by atoms with Crippen LogP contribution in [-0.2, 0) is 16.1 Å². The molecule has 1 aromatic carbocycles. The molecule has 2 heterocycles. The minimum Gasteiger partial charge on any atom is -0.496 e. The Balaban J connectivity index is 2.34. The number of hydrogen-bond donors (Lipinski definition) is 1. The van der Waals surface area contributed by atoms with Crippen molar-refractivity contribution in [1.29, 1.82) is 5.26 Å². The van der Waals surface area contributed by atoms with Crippen molar-refractivity contribution in [2.45, 2.75) is 45.9 Å². The van der Waals surface area contributed by atoms with Crippen molar-refractivity contribution in [1.82, 2.24) is 9.13 Å². The van der Waals surface area contributed by atoms with Gasteiger partial charge in [-0.3, -0.25) is 14.2 Å². The Bertz CT molecular complexity index is 1500. The number of carbonyl (C=O) groups is 2. The molecule has 0 radical (unpaired) electrons. The Labute approximate surface area is 208 Å². The van der Waals surface area contributed by atoms with Gasteiger partial charge < -0.3 is 14.6 Å². The van der Waals surface area contributed by atoms with Gasteiger partial charge in [-0.25, -0.2) is 18.5 Å². The molecule has 1 unspecified atom stereocenters. The van der Waals surface area contributed by atoms with Crippen molar-refractivity contribution in [2.75, 3.05) is 13.7 Å². The molecule has 0 fully saturated rings. The third kappa shape index (κ3) is 4.93. The zero-order valence-corrected chi connectivity index (χ0v) is 20.8. The van der Waals surface area contributed by atoms with Gasteiger partial charge in [-0.1, -0.05) is 0 Å². The number of Topliss-reactive ketones (excluding diaryl/α,β-unsaturated/α-hetero) is 1. The summed E-state index contributed by atoms with van der Waals surface area (Å²) < 4.78 is 27.1. The predicted molar refractivity (Wildman–Crippen MR) is 129 cm³/mol. The molecule has 12 heteroatoms. The molecule has 1 N–H and O–H groups in total. The molecular weight excluding hydrogens is 493 g/mol. The van der Waals surface area contributed by atoms with Gasteiger partial charge in [0.1, 0.15) is 28.5 Å². The number of nitrogens with zero attached hydrogens (tertiary/aromatic N) is 3. The van der Waals surface area contributed by atoms with E-state index in [1.54, 1.807) is 6.92 Å². The van der Waals surface area contributed by atoms with Gasteiger partial charge in [0.05, 0.1) is 43.0 Å². The highest BCUT2D eigenvalue weighted by Gasteiger charge is 2.28. The number of thiophene rings is 1. The summed E-state index contributed by atoms with van der Waals surface area (Å²) in [6.07, 6.45) is -1.00. The topological polar surface area (TPSA) is 141 Å². The van der Waals surface area contributed by atoms with Gasteiger partial charge in [0, 0.05) is 5.56 Å². The Hall–Kier alpha value is -3.82. The van der Waals surface area contributed by atoms with Crippen molar-refractivity contribution < 1.29 is 28.6 Å². The number of carboxylic acid groups (broad SMARTS) is 1. The van der Waals surface area contributed by atoms with Gasteiger partial charge in [0.2, 0.25) is 0 Å². The summed E-state index contributed by atoms with van der Waals surface area (Å²) >= 11 is 0.934. The number of fused-ring (bicyclic) bond motifs is 1. The number of rotatable bonds is 10. The zero-order valence-electron chi connectivity index (χ0n) is 20.0. The molecule has 0 spiro atoms. The highest BCUT2D eigenvalue weighted by atomic mass is 32.1. The molecule has 3 aromatic rings. The maximum Gasteiger partial charge on any atom is 0.333 e. The van der Waals surface area contributed by atoms with E-state index >= 15 is 0 Å². The van der Waals surface area contributed by atoms with Crippen LogP contribution in [0.1, 0.15) is 53.2 Å². The number of aryl methyl sites for hydroxylation is 1. The fourth-order valence-electron chi connectivity index (χ4n) is 3.92. The highest BCUT2D eigenvalue weighted by molar-refractivity contribution is 7.20. The van der Waals surface area contributed by atoms with Crippen LogP contribution in [0.2, 0.25) is 0 Å². The Kier molecular flexibility index (Phi) is 8.07. The molecule has 3 rings (SSSR count). The summed E-state index contributed by atoms with van der Waals surface area (Å²) in [5, 5.41) is 18.5. The van der Waals surface area contributed by atoms with E-state index in [-0.39, 0.29) is 51.8 Å². The number of benzene rings is 1. The number of ether oxygens (including phenoxy) is 2. The molecule has 10 nitrogen and oxygen atoms in total. The van der Waals surface area contributed by atoms with E-state index in [2.05, 4.69) is 0 Å². The van der Waals surface area contributed by atoms with E-state index in [4.69, 9.17) is 14.7 Å². The third-order valence-electron chi connectivity index (χ3n) is 5.73. The summed E-state index contributed by atoms with van der Waals surface area (Å²) in [5.74, 6) is -2.04. The lowest BCUT2D eigenvalue weighted by molar-refractivity contribution is -0.140. The first kappa shape index (κ1) is 26.8. The Morgan fingerprint density at radius 3 is 2.58 bits per heavy atom. The number of carboxylic acids is 1. The fraction of sp³-hybridized carbons (Fsp3) is 0.375. The number of carbonyl (C=O) groups excluding carboxylic acids is 1. The van der Waals surface area contributed by atoms with Crippen molar-refractivity contribution in [3.8, 4) is 11.8 Å². The standard InChI is InChI=1S/C24H24FN3O7S/c1-12-19-21(30)28(13(2)23(31)32)24(33)27(22(19)36-20(12)14(3)29)11-18(35-9-5-8-26)16-10-15(25)6-7-17(16)34-4/h6-7,10,13,18H,5,9,11H2,1-4H3,(H,31,32)/t13?,18-/m0/s1. The second-order valence-electron chi connectivity index (χ2n) is 8.03. The smallest absolute Gasteiger partial charge is 0.333 e. The Morgan fingerprint density at radius 1 is 1.31 bits per heavy atom. The molecule has 0 amide bonds. The van der Waals surface area contributed by atoms with Gasteiger partial charge in [0.25, 0.3) is 5.56 Å². The number of methoxy groups -OCH3 is 1. The van der Waals surface area contributed by atoms with Crippen molar-refractivity contribution in [3.05, 3.63) is 60.9 Å². The maximum atomic E-state index is 14.2. The summed E-state index contributed by atoms with van der Waals surface area (Å²) in [5.41, 5.74) is -1.17. The third-order valence-corrected chi connectivity index (χ3v) is 7.14. The van der Waals surface area contributed by atoms with Gasteiger partial charge >= 0.3 is 11.7 Å². The monoisotopic (exact) mass is 517 g/mol. The van der Waals surface area contributed by atoms with Crippen LogP contribution >= 0.6 is 11.3 Å². The highest BCUT2D eigenvalue weighted by Crippen LogP contribution is 2.33. The first-order valence-electron chi connectivity index (χ1n) is 10.9. The summed E-state index contributed by atoms with van der Waals surface area (Å²) in [7, 11) is 1.38. The number of nitriles is 1. The SMILES string of the molecule is COc1ccc(F)cc1[C@H](Cn1c(=O)n(C(C)C(=O)O)c(=O)c2c(C)c(C(C)=O)sc21)OCCC#N. The Morgan fingerprint density at radius 2 is 2.00 bits per heavy atom. The quantitative estimate of drug-likeness (QED) is 0.319. The predicted octanol–water partition coefficient (Wildman–Crippen LogP) is 3.20. The van der Waals surface area contributed by atoms with Gasteiger partial charge in [-0.2, -0.15) is 5.26 Å². The number of hydrogen-bond acceptors (Lipinski definition) is 8. The number of halogens is 1. The van der Waals surface area contributed by atoms with E-state index in [9.17, 15) is 28.7 Å². The minimum absolute atomic E-state index is 0.0145. The fourth-order valence-corrected chi connectivity index (χ4v) is 5.12. The lowest BCUT2D eigenvalue weighted by atomic mass is 10.1. The lowest BCUT2D eigenvalue weighted by Crippen LogP contribution is -2.44. The largest absolute Gasteiger partial charge is 0.496 e. The number of aromatic nitrogens is 2. The van der Waals surface area contributed by atoms with Crippen molar-refractivity contribution >= 4 is 33.3 Å². The first-order valence-corrected chi connectivity index (χ1v) is 11.7. The van der Waals surface area contributed by atoms with E-state index in [0.717, 1.165) is 15.9 Å². The summed E-state index contributed by atoms with van der Waals surface area (Å²) in [4.78, 5) is 51.1. The zero-order chi connectivity index (χ0) is 26.7. The van der Waals surface area contributed by atoms with E-state index < -0.39 is 35.2 Å². The average Bonchev–Trinajstić information content (AvgIpc) is 3.18. The maximum absolute atomic E-state index is 14.2. The molecule has 2 atom stereocenters. The lowest BCUT2D eigenvalue weighted by Gasteiger charge is -2.23. The molecule has 0 aliphatic carbocycles. The van der Waals surface area contributed by atoms with E-state index in [0.29, 0.717) is 10.1 Å². The number of aliphatic carboxylic acids is 1. The van der Waals surface area contributed by atoms with E-state index in [1.807, 2.05) is 6.07 Å². The normalized spacial score (nSPS) is 12.8. The summed E-state index contributed by atoms with van der Waals surface area (Å²) in [6.45, 7) is 3.75. The van der Waals surface area contributed by atoms with Crippen LogP contribution in [0.5, 0.6) is 5.75 Å². The van der Waals surface area contributed by atoms with Crippen LogP contribution in [0.25, 0.3) is 10.2 Å². The van der Waals surface area contributed by atoms with Gasteiger partial charge in [0.15, 0.2) is 5.78 Å². The molecule has 0 bridgehead atoms. The molecule has 0 saturated carbocycles. The molecule has 190 valence electrons. The first-order chi connectivity index (χ1) is 17.0. The molecule has 0 aliphatic heterocycles. The van der Waals surface area contributed by atoms with Crippen LogP contribution < -0.4 is 16.0 Å². The van der Waals surface area contributed by atoms with Gasteiger partial charge in [-0.15, -0.1) is 11.3 Å². The second-order valence-corrected chi connectivity index (χ2v) is 9.03. The number of ketones is 1. The van der Waals surface area contributed by atoms with Crippen LogP contribution in [0.3, 0.4) is 0 Å². The molecule has 0 aliphatic rings. The second kappa shape index (κ2) is 10.8. The molecule has 0 saturated heterocycles. The van der Waals surface area contributed by atoms with Crippen molar-refractivity contribution in [3.63, 3.8) is 0 Å². The average molecular weight is 518 g/mol. The summed E-state index contributed by atoms with van der Waals surface area (Å²) in [6, 6.07) is 4.20. The molecule has 36 heavy (non-hydrogen) atoms. The van der Waals surface area contributed by atoms with Crippen LogP contribution in [-0.4, -0.2) is 39.7 Å². The minimum atomic E-state index is -1.50. The van der Waals surface area contributed by atoms with Crippen LogP contribution in [0, 0.1) is 24.1 Å². The van der Waals surface area contributed by atoms with Crippen molar-refractivity contribution in [2.24, 2.45) is 0 Å². The van der Waals surface area contributed by atoms with Gasteiger partial charge in [-0.05, 0) is 44.5 Å².